The van der Waals surface area contributed by atoms with Crippen LogP contribution in [-0.4, -0.2) is 35.4 Å². The summed E-state index contributed by atoms with van der Waals surface area (Å²) in [5.41, 5.74) is 3.15. The zero-order valence-electron chi connectivity index (χ0n) is 11.5. The third-order valence-corrected chi connectivity index (χ3v) is 3.05. The van der Waals surface area contributed by atoms with Crippen molar-refractivity contribution in [3.8, 4) is 0 Å². The summed E-state index contributed by atoms with van der Waals surface area (Å²) in [6.07, 6.45) is 0.948. The Morgan fingerprint density at radius 1 is 1.42 bits per heavy atom. The van der Waals surface area contributed by atoms with Gasteiger partial charge in [0.2, 0.25) is 5.91 Å². The predicted octanol–water partition coefficient (Wildman–Crippen LogP) is 1.86. The summed E-state index contributed by atoms with van der Waals surface area (Å²) in [4.78, 5) is 18.1. The lowest BCUT2D eigenvalue weighted by Gasteiger charge is -2.30. The predicted molar refractivity (Wildman–Crippen MR) is 81.1 cm³/mol. The van der Waals surface area contributed by atoms with Crippen molar-refractivity contribution in [2.75, 3.05) is 13.6 Å². The van der Waals surface area contributed by atoms with Crippen LogP contribution in [0.4, 0.5) is 0 Å². The minimum absolute atomic E-state index is 0. The van der Waals surface area contributed by atoms with Gasteiger partial charge in [0.25, 0.3) is 0 Å². The third-order valence-electron chi connectivity index (χ3n) is 3.05. The van der Waals surface area contributed by atoms with E-state index in [4.69, 9.17) is 0 Å². The number of hydrogen-bond acceptors (Lipinski definition) is 3. The Kier molecular flexibility index (Phi) is 7.34. The second kappa shape index (κ2) is 7.68. The Morgan fingerprint density at radius 3 is 2.53 bits per heavy atom. The van der Waals surface area contributed by atoms with Crippen LogP contribution in [0.15, 0.2) is 12.1 Å². The molecule has 1 aliphatic heterocycles. The molecule has 0 bridgehead atoms. The fourth-order valence-electron chi connectivity index (χ4n) is 2.09. The van der Waals surface area contributed by atoms with Crippen molar-refractivity contribution in [1.29, 1.82) is 0 Å². The highest BCUT2D eigenvalue weighted by molar-refractivity contribution is 5.85. The highest BCUT2D eigenvalue weighted by Crippen LogP contribution is 2.10. The maximum atomic E-state index is 11.9. The lowest BCUT2D eigenvalue weighted by molar-refractivity contribution is -0.134. The van der Waals surface area contributed by atoms with Gasteiger partial charge in [-0.15, -0.1) is 24.8 Å². The van der Waals surface area contributed by atoms with Gasteiger partial charge in [0.05, 0.1) is 18.3 Å². The molecule has 1 aromatic heterocycles. The van der Waals surface area contributed by atoms with Crippen molar-refractivity contribution < 1.29 is 4.79 Å². The molecule has 19 heavy (non-hydrogen) atoms. The van der Waals surface area contributed by atoms with Crippen LogP contribution in [0, 0.1) is 13.8 Å². The van der Waals surface area contributed by atoms with E-state index in [-0.39, 0.29) is 36.8 Å². The number of amides is 1. The quantitative estimate of drug-likeness (QED) is 0.927. The van der Waals surface area contributed by atoms with E-state index in [1.165, 1.54) is 5.56 Å². The number of aromatic nitrogens is 1. The smallest absolute Gasteiger partial charge is 0.239 e. The van der Waals surface area contributed by atoms with Crippen molar-refractivity contribution >= 4 is 30.7 Å². The number of pyridine rings is 1. The van der Waals surface area contributed by atoms with Crippen LogP contribution in [-0.2, 0) is 11.3 Å². The van der Waals surface area contributed by atoms with Crippen LogP contribution >= 0.6 is 24.8 Å². The molecule has 4 nitrogen and oxygen atoms in total. The van der Waals surface area contributed by atoms with Crippen LogP contribution < -0.4 is 5.32 Å². The van der Waals surface area contributed by atoms with Crippen LogP contribution in [0.1, 0.15) is 23.4 Å². The zero-order chi connectivity index (χ0) is 12.4. The molecule has 6 heteroatoms. The van der Waals surface area contributed by atoms with Crippen molar-refractivity contribution in [3.63, 3.8) is 0 Å². The fraction of sp³-hybridized carbons (Fsp3) is 0.538. The molecule has 1 unspecified atom stereocenters. The molecule has 0 radical (unpaired) electrons. The summed E-state index contributed by atoms with van der Waals surface area (Å²) in [5.74, 6) is 0.164. The zero-order valence-corrected chi connectivity index (χ0v) is 13.1. The van der Waals surface area contributed by atoms with Crippen LogP contribution in [0.2, 0.25) is 0 Å². The number of likely N-dealkylation sites (N-methyl/N-ethyl adjacent to an activating group) is 1. The second-order valence-corrected chi connectivity index (χ2v) is 4.77. The maximum absolute atomic E-state index is 11.9. The summed E-state index contributed by atoms with van der Waals surface area (Å²) < 4.78 is 0. The first kappa shape index (κ1) is 18.2. The molecule has 0 saturated carbocycles. The third kappa shape index (κ3) is 4.64. The Balaban J connectivity index is 0.00000162. The highest BCUT2D eigenvalue weighted by Gasteiger charge is 2.27. The number of rotatable bonds is 3. The van der Waals surface area contributed by atoms with Crippen LogP contribution in [0.25, 0.3) is 0 Å². The van der Waals surface area contributed by atoms with Crippen molar-refractivity contribution in [2.45, 2.75) is 32.9 Å². The Bertz CT molecular complexity index is 416. The van der Waals surface area contributed by atoms with Gasteiger partial charge in [-0.25, -0.2) is 0 Å². The number of nitrogens with one attached hydrogen (secondary N) is 1. The van der Waals surface area contributed by atoms with Crippen molar-refractivity contribution in [2.24, 2.45) is 0 Å². The molecule has 0 spiro atoms. The van der Waals surface area contributed by atoms with E-state index in [9.17, 15) is 4.79 Å². The SMILES string of the molecule is Cc1cc(C)nc(CN(C)C(=O)C2CCN2)c1.Cl.Cl. The van der Waals surface area contributed by atoms with Crippen molar-refractivity contribution in [3.05, 3.63) is 29.1 Å². The van der Waals surface area contributed by atoms with E-state index in [0.29, 0.717) is 6.54 Å². The molecule has 108 valence electrons. The average molecular weight is 306 g/mol. The van der Waals surface area contributed by atoms with E-state index in [2.05, 4.69) is 10.3 Å². The van der Waals surface area contributed by atoms with E-state index >= 15 is 0 Å². The highest BCUT2D eigenvalue weighted by atomic mass is 35.5. The Labute approximate surface area is 126 Å². The van der Waals surface area contributed by atoms with Gasteiger partial charge in [-0.3, -0.25) is 9.78 Å². The van der Waals surface area contributed by atoms with E-state index in [0.717, 1.165) is 24.4 Å². The Morgan fingerprint density at radius 2 is 2.05 bits per heavy atom. The summed E-state index contributed by atoms with van der Waals surface area (Å²) in [6, 6.07) is 4.09. The molecule has 2 rings (SSSR count). The summed E-state index contributed by atoms with van der Waals surface area (Å²) in [7, 11) is 1.84. The van der Waals surface area contributed by atoms with Gasteiger partial charge in [0.15, 0.2) is 0 Å². The van der Waals surface area contributed by atoms with Crippen LogP contribution in [0.5, 0.6) is 0 Å². The largest absolute Gasteiger partial charge is 0.339 e. The molecule has 0 aromatic carbocycles. The topological polar surface area (TPSA) is 45.2 Å². The maximum Gasteiger partial charge on any atom is 0.239 e. The number of halogens is 2. The number of carbonyl (C=O) groups is 1. The monoisotopic (exact) mass is 305 g/mol. The van der Waals surface area contributed by atoms with Gasteiger partial charge in [-0.05, 0) is 44.5 Å². The molecule has 1 N–H and O–H groups in total. The number of aryl methyl sites for hydroxylation is 2. The van der Waals surface area contributed by atoms with E-state index in [1.807, 2.05) is 33.0 Å². The van der Waals surface area contributed by atoms with Crippen molar-refractivity contribution in [1.82, 2.24) is 15.2 Å². The molecular formula is C13H21Cl2N3O. The van der Waals surface area contributed by atoms with Gasteiger partial charge in [0, 0.05) is 12.7 Å². The molecule has 1 aliphatic rings. The lowest BCUT2D eigenvalue weighted by Crippen LogP contribution is -2.53. The fourth-order valence-corrected chi connectivity index (χ4v) is 2.09. The first-order valence-electron chi connectivity index (χ1n) is 5.99. The molecule has 1 atom stereocenters. The molecule has 1 aromatic rings. The average Bonchev–Trinajstić information content (AvgIpc) is 2.12. The second-order valence-electron chi connectivity index (χ2n) is 4.77. The van der Waals surface area contributed by atoms with E-state index < -0.39 is 0 Å². The number of carbonyl (C=O) groups excluding carboxylic acids is 1. The van der Waals surface area contributed by atoms with Gasteiger partial charge >= 0.3 is 0 Å². The Hall–Kier alpha value is -0.840. The summed E-state index contributed by atoms with van der Waals surface area (Å²) in [6.45, 7) is 5.56. The molecule has 2 heterocycles. The van der Waals surface area contributed by atoms with Gasteiger partial charge in [-0.1, -0.05) is 0 Å². The molecule has 0 aliphatic carbocycles. The minimum atomic E-state index is 0. The molecular weight excluding hydrogens is 285 g/mol. The standard InChI is InChI=1S/C13H19N3O.2ClH/c1-9-6-10(2)15-11(7-9)8-16(3)13(17)12-4-5-14-12;;/h6-7,12,14H,4-5,8H2,1-3H3;2*1H. The first-order valence-corrected chi connectivity index (χ1v) is 5.99. The summed E-state index contributed by atoms with van der Waals surface area (Å²) in [5, 5.41) is 3.12. The van der Waals surface area contributed by atoms with Gasteiger partial charge in [-0.2, -0.15) is 0 Å². The molecule has 1 saturated heterocycles. The van der Waals surface area contributed by atoms with Gasteiger partial charge < -0.3 is 10.2 Å². The normalized spacial score (nSPS) is 16.7. The summed E-state index contributed by atoms with van der Waals surface area (Å²) >= 11 is 0. The number of hydrogen-bond donors (Lipinski definition) is 1. The van der Waals surface area contributed by atoms with Gasteiger partial charge in [0.1, 0.15) is 0 Å². The minimum Gasteiger partial charge on any atom is -0.339 e. The first-order chi connectivity index (χ1) is 8.06. The lowest BCUT2D eigenvalue weighted by atomic mass is 10.1. The number of nitrogens with zero attached hydrogens (tertiary/aromatic N) is 2. The van der Waals surface area contributed by atoms with E-state index in [1.54, 1.807) is 4.90 Å². The molecule has 1 fully saturated rings. The molecule has 1 amide bonds. The van der Waals surface area contributed by atoms with Crippen LogP contribution in [0.3, 0.4) is 0 Å².